The van der Waals surface area contributed by atoms with Crippen molar-refractivity contribution in [2.75, 3.05) is 5.01 Å². The van der Waals surface area contributed by atoms with Gasteiger partial charge in [-0.1, -0.05) is 45.7 Å². The van der Waals surface area contributed by atoms with E-state index in [9.17, 15) is 9.59 Å². The lowest BCUT2D eigenvalue weighted by atomic mass is 10.1. The highest BCUT2D eigenvalue weighted by atomic mass is 79.9. The van der Waals surface area contributed by atoms with Gasteiger partial charge in [-0.25, -0.2) is 5.01 Å². The minimum absolute atomic E-state index is 0.0855. The number of carbonyl (C=O) groups excluding carboxylic acids is 2. The molecule has 0 aliphatic carbocycles. The van der Waals surface area contributed by atoms with Crippen LogP contribution in [0.2, 0.25) is 5.02 Å². The fraction of sp³-hybridized carbons (Fsp3) is 0. The van der Waals surface area contributed by atoms with Crippen molar-refractivity contribution >= 4 is 51.1 Å². The summed E-state index contributed by atoms with van der Waals surface area (Å²) in [4.78, 5) is 24.5. The molecule has 0 unspecified atom stereocenters. The molecule has 3 rings (SSSR count). The third-order valence-corrected chi connectivity index (χ3v) is 3.90. The summed E-state index contributed by atoms with van der Waals surface area (Å²) in [6.07, 6.45) is 1.56. The van der Waals surface area contributed by atoms with E-state index in [1.807, 2.05) is 24.3 Å². The molecular weight excluding hydrogens is 368 g/mol. The van der Waals surface area contributed by atoms with Gasteiger partial charge in [-0.3, -0.25) is 15.0 Å². The molecule has 22 heavy (non-hydrogen) atoms. The van der Waals surface area contributed by atoms with E-state index in [0.29, 0.717) is 10.7 Å². The van der Waals surface area contributed by atoms with Gasteiger partial charge in [-0.15, -0.1) is 0 Å². The molecule has 1 fully saturated rings. The van der Waals surface area contributed by atoms with E-state index in [0.717, 1.165) is 10.0 Å². The van der Waals surface area contributed by atoms with Crippen molar-refractivity contribution in [3.05, 3.63) is 69.2 Å². The second-order valence-electron chi connectivity index (χ2n) is 4.67. The Labute approximate surface area is 140 Å². The summed E-state index contributed by atoms with van der Waals surface area (Å²) >= 11 is 9.26. The van der Waals surface area contributed by atoms with Crippen LogP contribution in [0.3, 0.4) is 0 Å². The largest absolute Gasteiger partial charge is 0.282 e. The maximum absolute atomic E-state index is 12.4. The number of amides is 2. The van der Waals surface area contributed by atoms with Crippen molar-refractivity contribution in [1.29, 1.82) is 0 Å². The van der Waals surface area contributed by atoms with Crippen LogP contribution < -0.4 is 10.4 Å². The van der Waals surface area contributed by atoms with Gasteiger partial charge in [-0.2, -0.15) is 0 Å². The zero-order valence-electron chi connectivity index (χ0n) is 11.2. The summed E-state index contributed by atoms with van der Waals surface area (Å²) in [5.74, 6) is -0.844. The topological polar surface area (TPSA) is 49.4 Å². The molecule has 0 bridgehead atoms. The van der Waals surface area contributed by atoms with Crippen molar-refractivity contribution in [2.45, 2.75) is 0 Å². The highest BCUT2D eigenvalue weighted by Crippen LogP contribution is 2.24. The van der Waals surface area contributed by atoms with Crippen LogP contribution >= 0.6 is 27.5 Å². The van der Waals surface area contributed by atoms with Gasteiger partial charge < -0.3 is 0 Å². The Hall–Kier alpha value is -2.11. The summed E-state index contributed by atoms with van der Waals surface area (Å²) in [7, 11) is 0. The van der Waals surface area contributed by atoms with Crippen LogP contribution in [0.4, 0.5) is 5.69 Å². The molecule has 2 amide bonds. The fourth-order valence-electron chi connectivity index (χ4n) is 2.08. The lowest BCUT2D eigenvalue weighted by Gasteiger charge is -2.14. The van der Waals surface area contributed by atoms with Gasteiger partial charge in [0.15, 0.2) is 0 Å². The second kappa shape index (κ2) is 5.94. The van der Waals surface area contributed by atoms with Gasteiger partial charge in [0.25, 0.3) is 11.8 Å². The summed E-state index contributed by atoms with van der Waals surface area (Å²) in [5.41, 5.74) is 3.91. The molecule has 1 aliphatic heterocycles. The second-order valence-corrected chi connectivity index (χ2v) is 6.02. The number of rotatable bonds is 2. The highest BCUT2D eigenvalue weighted by Gasteiger charge is 2.34. The normalized spacial score (nSPS) is 16.3. The smallest absolute Gasteiger partial charge is 0.267 e. The fourth-order valence-corrected chi connectivity index (χ4v) is 2.53. The van der Waals surface area contributed by atoms with E-state index in [-0.39, 0.29) is 5.57 Å². The Kier molecular flexibility index (Phi) is 4.00. The molecule has 4 nitrogen and oxygen atoms in total. The number of hydrogen-bond donors (Lipinski definition) is 1. The van der Waals surface area contributed by atoms with Crippen molar-refractivity contribution in [2.24, 2.45) is 0 Å². The van der Waals surface area contributed by atoms with E-state index in [2.05, 4.69) is 21.4 Å². The maximum atomic E-state index is 12.4. The van der Waals surface area contributed by atoms with Crippen molar-refractivity contribution in [3.63, 3.8) is 0 Å². The first kappa shape index (κ1) is 14.8. The van der Waals surface area contributed by atoms with Crippen LogP contribution in [0, 0.1) is 0 Å². The summed E-state index contributed by atoms with van der Waals surface area (Å²) < 4.78 is 0.928. The first-order valence-electron chi connectivity index (χ1n) is 6.43. The number of halogens is 2. The van der Waals surface area contributed by atoms with Gasteiger partial charge in [0.2, 0.25) is 0 Å². The molecule has 0 radical (unpaired) electrons. The molecule has 2 aromatic rings. The van der Waals surface area contributed by atoms with Crippen molar-refractivity contribution in [1.82, 2.24) is 5.43 Å². The molecule has 6 heteroatoms. The number of hydrazine groups is 1. The number of hydrogen-bond acceptors (Lipinski definition) is 2. The van der Waals surface area contributed by atoms with Crippen molar-refractivity contribution in [3.8, 4) is 0 Å². The number of nitrogens with zero attached hydrogens (tertiary/aromatic N) is 1. The number of carbonyl (C=O) groups is 2. The lowest BCUT2D eigenvalue weighted by molar-refractivity contribution is -0.117. The minimum atomic E-state index is -0.437. The standard InChI is InChI=1S/C16H10BrClN2O2/c17-11-6-4-10(5-7-11)8-14-15(21)19-20(16(14)22)13-3-1-2-12(18)9-13/h1-9H,(H,19,21)/b14-8+. The lowest BCUT2D eigenvalue weighted by Crippen LogP contribution is -2.35. The van der Waals surface area contributed by atoms with E-state index in [1.165, 1.54) is 5.01 Å². The van der Waals surface area contributed by atoms with Crippen LogP contribution in [-0.2, 0) is 9.59 Å². The molecule has 0 aromatic heterocycles. The molecule has 0 spiro atoms. The number of benzene rings is 2. The molecular formula is C16H10BrClN2O2. The van der Waals surface area contributed by atoms with E-state index < -0.39 is 11.8 Å². The number of anilines is 1. The third-order valence-electron chi connectivity index (χ3n) is 3.14. The molecule has 1 heterocycles. The first-order chi connectivity index (χ1) is 10.5. The van der Waals surface area contributed by atoms with Gasteiger partial charge in [0.05, 0.1) is 5.69 Å². The molecule has 1 aliphatic rings. The summed E-state index contributed by atoms with van der Waals surface area (Å²) in [6, 6.07) is 14.1. The first-order valence-corrected chi connectivity index (χ1v) is 7.60. The molecule has 2 aromatic carbocycles. The predicted molar refractivity (Wildman–Crippen MR) is 89.2 cm³/mol. The average Bonchev–Trinajstić information content (AvgIpc) is 2.77. The zero-order valence-corrected chi connectivity index (χ0v) is 13.6. The SMILES string of the molecule is O=C1NN(c2cccc(Cl)c2)C(=O)/C1=C/c1ccc(Br)cc1. The maximum Gasteiger partial charge on any atom is 0.282 e. The summed E-state index contributed by atoms with van der Waals surface area (Å²) in [5, 5.41) is 1.68. The molecule has 110 valence electrons. The number of nitrogens with one attached hydrogen (secondary N) is 1. The Morgan fingerprint density at radius 2 is 1.82 bits per heavy atom. The average molecular weight is 378 g/mol. The quantitative estimate of drug-likeness (QED) is 0.642. The van der Waals surface area contributed by atoms with Gasteiger partial charge in [0, 0.05) is 9.50 Å². The van der Waals surface area contributed by atoms with Crippen LogP contribution in [0.1, 0.15) is 5.56 Å². The minimum Gasteiger partial charge on any atom is -0.267 e. The van der Waals surface area contributed by atoms with Crippen LogP contribution in [-0.4, -0.2) is 11.8 Å². The third kappa shape index (κ3) is 2.91. The molecule has 0 atom stereocenters. The molecule has 0 saturated carbocycles. The van der Waals surface area contributed by atoms with Crippen LogP contribution in [0.25, 0.3) is 6.08 Å². The van der Waals surface area contributed by atoms with Gasteiger partial charge >= 0.3 is 0 Å². The Balaban J connectivity index is 1.93. The zero-order chi connectivity index (χ0) is 15.7. The van der Waals surface area contributed by atoms with Crippen LogP contribution in [0.15, 0.2) is 58.6 Å². The monoisotopic (exact) mass is 376 g/mol. The molecule has 1 N–H and O–H groups in total. The Morgan fingerprint density at radius 1 is 1.09 bits per heavy atom. The van der Waals surface area contributed by atoms with E-state index in [1.54, 1.807) is 30.3 Å². The highest BCUT2D eigenvalue weighted by molar-refractivity contribution is 9.10. The Morgan fingerprint density at radius 3 is 2.50 bits per heavy atom. The van der Waals surface area contributed by atoms with Gasteiger partial charge in [0.1, 0.15) is 5.57 Å². The summed E-state index contributed by atoms with van der Waals surface area (Å²) in [6.45, 7) is 0. The van der Waals surface area contributed by atoms with E-state index in [4.69, 9.17) is 11.6 Å². The molecule has 1 saturated heterocycles. The van der Waals surface area contributed by atoms with Crippen molar-refractivity contribution < 1.29 is 9.59 Å². The van der Waals surface area contributed by atoms with Gasteiger partial charge in [-0.05, 0) is 42.0 Å². The van der Waals surface area contributed by atoms with E-state index >= 15 is 0 Å². The Bertz CT molecular complexity index is 787. The predicted octanol–water partition coefficient (Wildman–Crippen LogP) is 3.56. The van der Waals surface area contributed by atoms with Crippen LogP contribution in [0.5, 0.6) is 0 Å².